The summed E-state index contributed by atoms with van der Waals surface area (Å²) in [6.07, 6.45) is 12.1. The van der Waals surface area contributed by atoms with Crippen LogP contribution in [0.5, 0.6) is 0 Å². The van der Waals surface area contributed by atoms with Crippen LogP contribution in [0.15, 0.2) is 0 Å². The highest BCUT2D eigenvalue weighted by Crippen LogP contribution is 2.25. The highest BCUT2D eigenvalue weighted by atomic mass is 15.0. The largest absolute Gasteiger partial charge is 0.328 e. The van der Waals surface area contributed by atoms with Crippen LogP contribution in [-0.2, 0) is 0 Å². The van der Waals surface area contributed by atoms with Gasteiger partial charge in [0.2, 0.25) is 0 Å². The molecule has 4 unspecified atom stereocenters. The van der Waals surface area contributed by atoms with Gasteiger partial charge in [-0.15, -0.1) is 0 Å². The Labute approximate surface area is 100 Å². The molecule has 0 heterocycles. The van der Waals surface area contributed by atoms with E-state index in [4.69, 9.17) is 5.73 Å². The van der Waals surface area contributed by atoms with Crippen molar-refractivity contribution >= 4 is 0 Å². The number of nitrogens with two attached hydrogens (primary N) is 1. The quantitative estimate of drug-likeness (QED) is 0.708. The zero-order chi connectivity index (χ0) is 11.4. The van der Waals surface area contributed by atoms with Crippen LogP contribution in [0.3, 0.4) is 0 Å². The van der Waals surface area contributed by atoms with Gasteiger partial charge in [-0.1, -0.05) is 26.2 Å². The van der Waals surface area contributed by atoms with E-state index in [2.05, 4.69) is 12.2 Å². The number of hydrogen-bond acceptors (Lipinski definition) is 2. The Morgan fingerprint density at radius 1 is 0.875 bits per heavy atom. The van der Waals surface area contributed by atoms with Gasteiger partial charge in [-0.05, 0) is 44.4 Å². The number of hydrogen-bond donors (Lipinski definition) is 2. The second kappa shape index (κ2) is 6.02. The summed E-state index contributed by atoms with van der Waals surface area (Å²) in [4.78, 5) is 0. The van der Waals surface area contributed by atoms with Crippen LogP contribution >= 0.6 is 0 Å². The van der Waals surface area contributed by atoms with E-state index in [1.54, 1.807) is 0 Å². The van der Waals surface area contributed by atoms with Crippen molar-refractivity contribution in [2.75, 3.05) is 0 Å². The zero-order valence-corrected chi connectivity index (χ0v) is 10.8. The lowest BCUT2D eigenvalue weighted by Gasteiger charge is -2.31. The Bertz CT molecular complexity index is 205. The van der Waals surface area contributed by atoms with E-state index in [0.29, 0.717) is 12.1 Å². The van der Waals surface area contributed by atoms with Gasteiger partial charge in [-0.25, -0.2) is 0 Å². The molecule has 2 saturated carbocycles. The second-order valence-electron chi connectivity index (χ2n) is 6.10. The highest BCUT2D eigenvalue weighted by molar-refractivity contribution is 4.83. The number of rotatable bonds is 2. The van der Waals surface area contributed by atoms with Crippen molar-refractivity contribution in [3.63, 3.8) is 0 Å². The van der Waals surface area contributed by atoms with E-state index < -0.39 is 0 Å². The molecule has 2 aliphatic carbocycles. The smallest absolute Gasteiger partial charge is 0.00843 e. The predicted molar refractivity (Wildman–Crippen MR) is 69.4 cm³/mol. The fourth-order valence-electron chi connectivity index (χ4n) is 3.37. The normalized spacial score (nSPS) is 41.6. The number of nitrogens with one attached hydrogen (secondary N) is 1. The average Bonchev–Trinajstić information content (AvgIpc) is 2.44. The SMILES string of the molecule is CC1CCCC(NC2CCCC(N)C2)CC1. The third-order valence-corrected chi connectivity index (χ3v) is 4.44. The monoisotopic (exact) mass is 224 g/mol. The fourth-order valence-corrected chi connectivity index (χ4v) is 3.37. The first-order valence-electron chi connectivity index (χ1n) is 7.25. The molecule has 0 aromatic rings. The lowest BCUT2D eigenvalue weighted by molar-refractivity contribution is 0.297. The molecule has 0 radical (unpaired) electrons. The molecule has 2 rings (SSSR count). The molecule has 0 aromatic heterocycles. The van der Waals surface area contributed by atoms with Crippen LogP contribution in [-0.4, -0.2) is 18.1 Å². The van der Waals surface area contributed by atoms with Gasteiger partial charge in [0.1, 0.15) is 0 Å². The van der Waals surface area contributed by atoms with Crippen LogP contribution < -0.4 is 11.1 Å². The van der Waals surface area contributed by atoms with Crippen molar-refractivity contribution in [1.29, 1.82) is 0 Å². The van der Waals surface area contributed by atoms with E-state index in [0.717, 1.165) is 12.0 Å². The zero-order valence-electron chi connectivity index (χ0n) is 10.8. The summed E-state index contributed by atoms with van der Waals surface area (Å²) in [6.45, 7) is 2.40. The van der Waals surface area contributed by atoms with Crippen LogP contribution in [0.2, 0.25) is 0 Å². The molecule has 0 amide bonds. The summed E-state index contributed by atoms with van der Waals surface area (Å²) < 4.78 is 0. The van der Waals surface area contributed by atoms with Gasteiger partial charge >= 0.3 is 0 Å². The Morgan fingerprint density at radius 3 is 2.44 bits per heavy atom. The Balaban J connectivity index is 1.75. The standard InChI is InChI=1S/C14H28N2/c1-11-4-2-6-13(9-8-11)16-14-7-3-5-12(15)10-14/h11-14,16H,2-10,15H2,1H3. The van der Waals surface area contributed by atoms with Gasteiger partial charge in [-0.2, -0.15) is 0 Å². The Morgan fingerprint density at radius 2 is 1.62 bits per heavy atom. The first kappa shape index (κ1) is 12.4. The summed E-state index contributed by atoms with van der Waals surface area (Å²) in [5, 5.41) is 3.87. The molecule has 0 aromatic carbocycles. The molecular weight excluding hydrogens is 196 g/mol. The average molecular weight is 224 g/mol. The molecule has 2 nitrogen and oxygen atoms in total. The van der Waals surface area contributed by atoms with E-state index in [1.807, 2.05) is 0 Å². The van der Waals surface area contributed by atoms with Crippen LogP contribution in [0.25, 0.3) is 0 Å². The molecule has 2 aliphatic rings. The first-order valence-corrected chi connectivity index (χ1v) is 7.25. The van der Waals surface area contributed by atoms with Gasteiger partial charge in [0.05, 0.1) is 0 Å². The molecule has 2 fully saturated rings. The van der Waals surface area contributed by atoms with E-state index in [9.17, 15) is 0 Å². The predicted octanol–water partition coefficient (Wildman–Crippen LogP) is 2.81. The summed E-state index contributed by atoms with van der Waals surface area (Å²) >= 11 is 0. The van der Waals surface area contributed by atoms with Gasteiger partial charge in [0, 0.05) is 18.1 Å². The first-order chi connectivity index (χ1) is 7.74. The molecule has 0 aliphatic heterocycles. The van der Waals surface area contributed by atoms with Crippen molar-refractivity contribution < 1.29 is 0 Å². The molecule has 16 heavy (non-hydrogen) atoms. The maximum atomic E-state index is 6.04. The maximum absolute atomic E-state index is 6.04. The molecule has 2 heteroatoms. The molecule has 94 valence electrons. The van der Waals surface area contributed by atoms with E-state index in [-0.39, 0.29) is 0 Å². The third-order valence-electron chi connectivity index (χ3n) is 4.44. The van der Waals surface area contributed by atoms with Gasteiger partial charge in [0.15, 0.2) is 0 Å². The minimum Gasteiger partial charge on any atom is -0.328 e. The van der Waals surface area contributed by atoms with Crippen molar-refractivity contribution in [3.05, 3.63) is 0 Å². The minimum absolute atomic E-state index is 0.455. The lowest BCUT2D eigenvalue weighted by Crippen LogP contribution is -2.44. The van der Waals surface area contributed by atoms with Gasteiger partial charge in [0.25, 0.3) is 0 Å². The van der Waals surface area contributed by atoms with Crippen molar-refractivity contribution in [2.24, 2.45) is 11.7 Å². The van der Waals surface area contributed by atoms with Crippen molar-refractivity contribution in [3.8, 4) is 0 Å². The third kappa shape index (κ3) is 3.74. The summed E-state index contributed by atoms with van der Waals surface area (Å²) in [5.41, 5.74) is 6.04. The second-order valence-corrected chi connectivity index (χ2v) is 6.10. The summed E-state index contributed by atoms with van der Waals surface area (Å²) in [7, 11) is 0. The van der Waals surface area contributed by atoms with Crippen molar-refractivity contribution in [1.82, 2.24) is 5.32 Å². The summed E-state index contributed by atoms with van der Waals surface area (Å²) in [6, 6.07) is 1.94. The molecule has 4 atom stereocenters. The molecular formula is C14H28N2. The minimum atomic E-state index is 0.455. The van der Waals surface area contributed by atoms with Crippen LogP contribution in [0.4, 0.5) is 0 Å². The molecule has 3 N–H and O–H groups in total. The Hall–Kier alpha value is -0.0800. The van der Waals surface area contributed by atoms with Crippen molar-refractivity contribution in [2.45, 2.75) is 82.8 Å². The molecule has 0 saturated heterocycles. The highest BCUT2D eigenvalue weighted by Gasteiger charge is 2.23. The lowest BCUT2D eigenvalue weighted by atomic mass is 9.90. The topological polar surface area (TPSA) is 38.0 Å². The van der Waals surface area contributed by atoms with E-state index >= 15 is 0 Å². The molecule has 0 bridgehead atoms. The Kier molecular flexibility index (Phi) is 4.66. The van der Waals surface area contributed by atoms with Gasteiger partial charge in [-0.3, -0.25) is 0 Å². The van der Waals surface area contributed by atoms with Crippen LogP contribution in [0, 0.1) is 5.92 Å². The maximum Gasteiger partial charge on any atom is 0.00843 e. The fraction of sp³-hybridized carbons (Fsp3) is 1.00. The summed E-state index contributed by atoms with van der Waals surface area (Å²) in [5.74, 6) is 0.945. The van der Waals surface area contributed by atoms with E-state index in [1.165, 1.54) is 57.8 Å². The van der Waals surface area contributed by atoms with Gasteiger partial charge < -0.3 is 11.1 Å². The van der Waals surface area contributed by atoms with Crippen LogP contribution in [0.1, 0.15) is 64.7 Å². The molecule has 0 spiro atoms.